The molecule has 4 nitrogen and oxygen atoms in total. The van der Waals surface area contributed by atoms with Crippen LogP contribution in [0, 0.1) is 0 Å². The second kappa shape index (κ2) is 7.41. The van der Waals surface area contributed by atoms with Gasteiger partial charge in [-0.2, -0.15) is 0 Å². The molecule has 0 heterocycles. The molecule has 0 spiro atoms. The van der Waals surface area contributed by atoms with Gasteiger partial charge in [-0.1, -0.05) is 37.7 Å². The normalized spacial score (nSPS) is 13.8. The van der Waals surface area contributed by atoms with Gasteiger partial charge in [-0.15, -0.1) is 0 Å². The van der Waals surface area contributed by atoms with Crippen molar-refractivity contribution in [2.45, 2.75) is 38.6 Å². The summed E-state index contributed by atoms with van der Waals surface area (Å²) >= 11 is 4.99. The van der Waals surface area contributed by atoms with Gasteiger partial charge >= 0.3 is 0 Å². The predicted octanol–water partition coefficient (Wildman–Crippen LogP) is 2.49. The van der Waals surface area contributed by atoms with Crippen LogP contribution >= 0.6 is 12.2 Å². The Labute approximate surface area is 131 Å². The van der Waals surface area contributed by atoms with Gasteiger partial charge in [0.15, 0.2) is 6.61 Å². The van der Waals surface area contributed by atoms with E-state index in [9.17, 15) is 4.79 Å². The molecule has 5 heteroatoms. The molecule has 0 aromatic heterocycles. The summed E-state index contributed by atoms with van der Waals surface area (Å²) in [6, 6.07) is 7.70. The molecule has 1 fully saturated rings. The van der Waals surface area contributed by atoms with E-state index in [1.165, 1.54) is 0 Å². The first-order chi connectivity index (χ1) is 10.1. The van der Waals surface area contributed by atoms with E-state index >= 15 is 0 Å². The first kappa shape index (κ1) is 15.8. The summed E-state index contributed by atoms with van der Waals surface area (Å²) in [5, 5.41) is 0. The summed E-state index contributed by atoms with van der Waals surface area (Å²) in [5.41, 5.74) is 6.33. The number of nitrogens with two attached hydrogens (primary N) is 1. The highest BCUT2D eigenvalue weighted by Gasteiger charge is 2.32. The van der Waals surface area contributed by atoms with Crippen LogP contribution in [0.25, 0.3) is 0 Å². The van der Waals surface area contributed by atoms with E-state index < -0.39 is 0 Å². The highest BCUT2D eigenvalue weighted by atomic mass is 32.1. The average Bonchev–Trinajstić information content (AvgIpc) is 3.30. The number of carbonyl (C=O) groups is 1. The fourth-order valence-electron chi connectivity index (χ4n) is 2.24. The molecule has 0 radical (unpaired) electrons. The van der Waals surface area contributed by atoms with E-state index in [-0.39, 0.29) is 17.5 Å². The lowest BCUT2D eigenvalue weighted by atomic mass is 10.2. The van der Waals surface area contributed by atoms with Crippen molar-refractivity contribution in [1.82, 2.24) is 4.90 Å². The second-order valence-corrected chi connectivity index (χ2v) is 5.76. The van der Waals surface area contributed by atoms with Crippen LogP contribution in [0.4, 0.5) is 0 Å². The second-order valence-electron chi connectivity index (χ2n) is 5.32. The zero-order valence-electron chi connectivity index (χ0n) is 12.4. The minimum atomic E-state index is 0.0415. The van der Waals surface area contributed by atoms with Crippen molar-refractivity contribution in [1.29, 1.82) is 0 Å². The quantitative estimate of drug-likeness (QED) is 0.750. The van der Waals surface area contributed by atoms with Gasteiger partial charge in [-0.3, -0.25) is 4.79 Å². The molecule has 2 rings (SSSR count). The van der Waals surface area contributed by atoms with Gasteiger partial charge in [0.1, 0.15) is 10.7 Å². The van der Waals surface area contributed by atoms with Crippen LogP contribution in [0.2, 0.25) is 0 Å². The average molecular weight is 306 g/mol. The minimum absolute atomic E-state index is 0.0415. The lowest BCUT2D eigenvalue weighted by molar-refractivity contribution is -0.134. The van der Waals surface area contributed by atoms with E-state index in [1.54, 1.807) is 12.1 Å². The molecule has 0 bridgehead atoms. The van der Waals surface area contributed by atoms with Crippen LogP contribution in [0.3, 0.4) is 0 Å². The van der Waals surface area contributed by atoms with Gasteiger partial charge in [-0.25, -0.2) is 0 Å². The monoisotopic (exact) mass is 306 g/mol. The van der Waals surface area contributed by atoms with Gasteiger partial charge in [0.05, 0.1) is 5.56 Å². The fourth-order valence-corrected chi connectivity index (χ4v) is 2.41. The Morgan fingerprint density at radius 1 is 1.43 bits per heavy atom. The molecular weight excluding hydrogens is 284 g/mol. The maximum atomic E-state index is 12.3. The van der Waals surface area contributed by atoms with E-state index in [1.807, 2.05) is 17.0 Å². The zero-order chi connectivity index (χ0) is 15.2. The Balaban J connectivity index is 1.95. The van der Waals surface area contributed by atoms with Crippen molar-refractivity contribution in [3.05, 3.63) is 29.8 Å². The summed E-state index contributed by atoms with van der Waals surface area (Å²) in [4.78, 5) is 14.6. The maximum Gasteiger partial charge on any atom is 0.260 e. The van der Waals surface area contributed by atoms with Gasteiger partial charge < -0.3 is 15.4 Å². The molecular formula is C16H22N2O2S. The number of benzene rings is 1. The SMILES string of the molecule is CCCCN(C(=O)COc1ccccc1C(N)=S)C1CC1. The smallest absolute Gasteiger partial charge is 0.260 e. The summed E-state index contributed by atoms with van der Waals surface area (Å²) in [6.07, 6.45) is 4.34. The highest BCUT2D eigenvalue weighted by molar-refractivity contribution is 7.80. The molecule has 1 aliphatic carbocycles. The minimum Gasteiger partial charge on any atom is -0.483 e. The first-order valence-corrected chi connectivity index (χ1v) is 7.85. The van der Waals surface area contributed by atoms with Crippen molar-refractivity contribution in [2.24, 2.45) is 5.73 Å². The molecule has 0 unspecified atom stereocenters. The molecule has 2 N–H and O–H groups in total. The molecule has 1 aliphatic rings. The Morgan fingerprint density at radius 3 is 2.76 bits per heavy atom. The molecule has 0 atom stereocenters. The molecule has 0 aliphatic heterocycles. The van der Waals surface area contributed by atoms with Gasteiger partial charge in [0, 0.05) is 12.6 Å². The standard InChI is InChI=1S/C16H22N2O2S/c1-2-3-10-18(12-8-9-12)15(19)11-20-14-7-5-4-6-13(14)16(17)21/h4-7,12H,2-3,8-11H2,1H3,(H2,17,21). The highest BCUT2D eigenvalue weighted by Crippen LogP contribution is 2.27. The first-order valence-electron chi connectivity index (χ1n) is 7.44. The number of amides is 1. The van der Waals surface area contributed by atoms with Gasteiger partial charge in [0.2, 0.25) is 0 Å². The maximum absolute atomic E-state index is 12.3. The van der Waals surface area contributed by atoms with Crippen molar-refractivity contribution >= 4 is 23.1 Å². The molecule has 1 aromatic carbocycles. The zero-order valence-corrected chi connectivity index (χ0v) is 13.2. The van der Waals surface area contributed by atoms with Crippen LogP contribution < -0.4 is 10.5 Å². The van der Waals surface area contributed by atoms with Crippen molar-refractivity contribution in [2.75, 3.05) is 13.2 Å². The number of carbonyl (C=O) groups excluding carboxylic acids is 1. The predicted molar refractivity (Wildman–Crippen MR) is 87.5 cm³/mol. The summed E-state index contributed by atoms with van der Waals surface area (Å²) < 4.78 is 5.64. The number of thiocarbonyl (C=S) groups is 1. The van der Waals surface area contributed by atoms with Crippen molar-refractivity contribution in [3.63, 3.8) is 0 Å². The molecule has 0 saturated heterocycles. The summed E-state index contributed by atoms with van der Waals surface area (Å²) in [5.74, 6) is 0.619. The summed E-state index contributed by atoms with van der Waals surface area (Å²) in [7, 11) is 0. The van der Waals surface area contributed by atoms with Crippen molar-refractivity contribution < 1.29 is 9.53 Å². The van der Waals surface area contributed by atoms with Crippen LogP contribution in [-0.2, 0) is 4.79 Å². The number of para-hydroxylation sites is 1. The topological polar surface area (TPSA) is 55.6 Å². The number of unbranched alkanes of at least 4 members (excludes halogenated alkanes) is 1. The third-order valence-electron chi connectivity index (χ3n) is 3.56. The lowest BCUT2D eigenvalue weighted by Crippen LogP contribution is -2.37. The number of rotatable bonds is 8. The molecule has 114 valence electrons. The van der Waals surface area contributed by atoms with Crippen LogP contribution in [0.5, 0.6) is 5.75 Å². The van der Waals surface area contributed by atoms with Gasteiger partial charge in [-0.05, 0) is 31.4 Å². The fraction of sp³-hybridized carbons (Fsp3) is 0.500. The van der Waals surface area contributed by atoms with Gasteiger partial charge in [0.25, 0.3) is 5.91 Å². The van der Waals surface area contributed by atoms with Crippen LogP contribution in [0.15, 0.2) is 24.3 Å². The van der Waals surface area contributed by atoms with E-state index in [4.69, 9.17) is 22.7 Å². The number of ether oxygens (including phenoxy) is 1. The van der Waals surface area contributed by atoms with E-state index in [0.717, 1.165) is 32.2 Å². The molecule has 1 saturated carbocycles. The van der Waals surface area contributed by atoms with Crippen LogP contribution in [0.1, 0.15) is 38.2 Å². The van der Waals surface area contributed by atoms with E-state index in [0.29, 0.717) is 17.4 Å². The molecule has 21 heavy (non-hydrogen) atoms. The lowest BCUT2D eigenvalue weighted by Gasteiger charge is -2.22. The molecule has 1 aromatic rings. The third-order valence-corrected chi connectivity index (χ3v) is 3.78. The van der Waals surface area contributed by atoms with Crippen molar-refractivity contribution in [3.8, 4) is 5.75 Å². The largest absolute Gasteiger partial charge is 0.483 e. The Morgan fingerprint density at radius 2 is 2.14 bits per heavy atom. The number of nitrogens with zero attached hydrogens (tertiary/aromatic N) is 1. The summed E-state index contributed by atoms with van der Waals surface area (Å²) in [6.45, 7) is 2.99. The molecule has 1 amide bonds. The Kier molecular flexibility index (Phi) is 5.56. The Bertz CT molecular complexity index is 515. The number of hydrogen-bond acceptors (Lipinski definition) is 3. The van der Waals surface area contributed by atoms with E-state index in [2.05, 4.69) is 6.92 Å². The Hall–Kier alpha value is -1.62. The number of hydrogen-bond donors (Lipinski definition) is 1. The third kappa shape index (κ3) is 4.43. The van der Waals surface area contributed by atoms with Crippen LogP contribution in [-0.4, -0.2) is 35.0 Å².